The number of aryl methyl sites for hydroxylation is 1. The molecule has 0 aromatic heterocycles. The summed E-state index contributed by atoms with van der Waals surface area (Å²) in [5, 5.41) is 9.94. The van der Waals surface area contributed by atoms with E-state index in [-0.39, 0.29) is 6.61 Å². The molecule has 0 saturated carbocycles. The van der Waals surface area contributed by atoms with E-state index in [9.17, 15) is 5.11 Å². The van der Waals surface area contributed by atoms with Gasteiger partial charge in [-0.3, -0.25) is 0 Å². The molecule has 0 aliphatic heterocycles. The summed E-state index contributed by atoms with van der Waals surface area (Å²) < 4.78 is 6.12. The molecule has 0 fully saturated rings. The molecule has 3 aromatic rings. The second kappa shape index (κ2) is 8.88. The highest BCUT2D eigenvalue weighted by molar-refractivity contribution is 6.31. The van der Waals surface area contributed by atoms with Crippen LogP contribution in [0.25, 0.3) is 0 Å². The van der Waals surface area contributed by atoms with Gasteiger partial charge < -0.3 is 9.84 Å². The summed E-state index contributed by atoms with van der Waals surface area (Å²) in [5.74, 6) is 0.783. The highest BCUT2D eigenvalue weighted by atomic mass is 35.5. The van der Waals surface area contributed by atoms with Crippen molar-refractivity contribution in [3.05, 3.63) is 99.6 Å². The summed E-state index contributed by atoms with van der Waals surface area (Å²) in [6.07, 6.45) is 1.27. The molecule has 0 spiro atoms. The van der Waals surface area contributed by atoms with Crippen molar-refractivity contribution in [2.75, 3.05) is 6.61 Å². The minimum absolute atomic E-state index is 0.0891. The van der Waals surface area contributed by atoms with Gasteiger partial charge in [0.1, 0.15) is 12.4 Å². The first-order valence-electron chi connectivity index (χ1n) is 8.80. The summed E-state index contributed by atoms with van der Waals surface area (Å²) in [4.78, 5) is 0. The Hall–Kier alpha value is -2.29. The second-order valence-electron chi connectivity index (χ2n) is 6.46. The van der Waals surface area contributed by atoms with E-state index in [2.05, 4.69) is 31.2 Å². The SMILES string of the molecule is Cc1ccc(Cc2c(Cl)cc(CCO)cc2OCc2ccccc2)cc1. The lowest BCUT2D eigenvalue weighted by Gasteiger charge is -2.16. The number of aliphatic hydroxyl groups is 1. The third-order valence-corrected chi connectivity index (χ3v) is 4.69. The molecule has 0 radical (unpaired) electrons. The summed E-state index contributed by atoms with van der Waals surface area (Å²) in [7, 11) is 0. The molecule has 0 aliphatic rings. The van der Waals surface area contributed by atoms with Crippen molar-refractivity contribution in [1.29, 1.82) is 0 Å². The fourth-order valence-electron chi connectivity index (χ4n) is 2.88. The van der Waals surface area contributed by atoms with Crippen molar-refractivity contribution in [2.24, 2.45) is 0 Å². The molecule has 0 unspecified atom stereocenters. The highest BCUT2D eigenvalue weighted by Crippen LogP contribution is 2.32. The third-order valence-electron chi connectivity index (χ3n) is 4.35. The largest absolute Gasteiger partial charge is 0.489 e. The number of aliphatic hydroxyl groups excluding tert-OH is 1. The molecule has 0 heterocycles. The Kier molecular flexibility index (Phi) is 6.32. The van der Waals surface area contributed by atoms with E-state index >= 15 is 0 Å². The number of hydrogen-bond acceptors (Lipinski definition) is 2. The predicted octanol–water partition coefficient (Wildman–Crippen LogP) is 5.35. The molecule has 2 nitrogen and oxygen atoms in total. The van der Waals surface area contributed by atoms with Crippen molar-refractivity contribution >= 4 is 11.6 Å². The normalized spacial score (nSPS) is 10.7. The molecule has 134 valence electrons. The van der Waals surface area contributed by atoms with Gasteiger partial charge in [0.2, 0.25) is 0 Å². The molecule has 3 heteroatoms. The van der Waals surface area contributed by atoms with Crippen molar-refractivity contribution in [1.82, 2.24) is 0 Å². The van der Waals surface area contributed by atoms with Gasteiger partial charge in [0, 0.05) is 23.6 Å². The molecule has 0 bridgehead atoms. The first-order chi connectivity index (χ1) is 12.7. The van der Waals surface area contributed by atoms with Gasteiger partial charge >= 0.3 is 0 Å². The van der Waals surface area contributed by atoms with E-state index in [1.165, 1.54) is 11.1 Å². The smallest absolute Gasteiger partial charge is 0.125 e. The minimum atomic E-state index is 0.0891. The van der Waals surface area contributed by atoms with Crippen LogP contribution in [0.15, 0.2) is 66.7 Å². The van der Waals surface area contributed by atoms with Crippen LogP contribution >= 0.6 is 11.6 Å². The lowest BCUT2D eigenvalue weighted by molar-refractivity contribution is 0.295. The number of benzene rings is 3. The Labute approximate surface area is 160 Å². The number of rotatable bonds is 7. The van der Waals surface area contributed by atoms with Gasteiger partial charge in [-0.25, -0.2) is 0 Å². The molecule has 0 atom stereocenters. The standard InChI is InChI=1S/C23H23ClO2/c1-17-7-9-18(10-8-17)13-21-22(24)14-20(11-12-25)15-23(21)26-16-19-5-3-2-4-6-19/h2-10,14-15,25H,11-13,16H2,1H3. The van der Waals surface area contributed by atoms with Gasteiger partial charge in [0.15, 0.2) is 0 Å². The molecule has 0 aliphatic carbocycles. The average molecular weight is 367 g/mol. The first kappa shape index (κ1) is 18.5. The Morgan fingerprint density at radius 3 is 2.31 bits per heavy atom. The van der Waals surface area contributed by atoms with E-state index in [0.29, 0.717) is 24.5 Å². The fourth-order valence-corrected chi connectivity index (χ4v) is 3.18. The van der Waals surface area contributed by atoms with Crippen LogP contribution in [-0.2, 0) is 19.4 Å². The van der Waals surface area contributed by atoms with Crippen molar-refractivity contribution in [3.8, 4) is 5.75 Å². The van der Waals surface area contributed by atoms with Crippen molar-refractivity contribution in [2.45, 2.75) is 26.4 Å². The Morgan fingerprint density at radius 2 is 1.62 bits per heavy atom. The number of ether oxygens (including phenoxy) is 1. The summed E-state index contributed by atoms with van der Waals surface area (Å²) in [6.45, 7) is 2.65. The first-order valence-corrected chi connectivity index (χ1v) is 9.18. The molecular formula is C23H23ClO2. The van der Waals surface area contributed by atoms with Crippen LogP contribution in [0.3, 0.4) is 0 Å². The zero-order valence-corrected chi connectivity index (χ0v) is 15.7. The Balaban J connectivity index is 1.88. The second-order valence-corrected chi connectivity index (χ2v) is 6.87. The van der Waals surface area contributed by atoms with Crippen molar-refractivity contribution in [3.63, 3.8) is 0 Å². The topological polar surface area (TPSA) is 29.5 Å². The molecule has 1 N–H and O–H groups in total. The molecular weight excluding hydrogens is 344 g/mol. The summed E-state index contributed by atoms with van der Waals surface area (Å²) in [5.41, 5.74) is 5.49. The molecule has 0 saturated heterocycles. The maximum absolute atomic E-state index is 9.26. The van der Waals surface area contributed by atoms with Gasteiger partial charge in [-0.15, -0.1) is 0 Å². The molecule has 26 heavy (non-hydrogen) atoms. The highest BCUT2D eigenvalue weighted by Gasteiger charge is 2.12. The predicted molar refractivity (Wildman–Crippen MR) is 107 cm³/mol. The Morgan fingerprint density at radius 1 is 0.885 bits per heavy atom. The lowest BCUT2D eigenvalue weighted by Crippen LogP contribution is -2.02. The van der Waals surface area contributed by atoms with Crippen LogP contribution in [0.5, 0.6) is 5.75 Å². The number of hydrogen-bond donors (Lipinski definition) is 1. The van der Waals surface area contributed by atoms with Gasteiger partial charge in [0.05, 0.1) is 0 Å². The summed E-state index contributed by atoms with van der Waals surface area (Å²) >= 11 is 6.57. The molecule has 0 amide bonds. The monoisotopic (exact) mass is 366 g/mol. The van der Waals surface area contributed by atoms with E-state index in [1.807, 2.05) is 42.5 Å². The van der Waals surface area contributed by atoms with Crippen LogP contribution in [0.2, 0.25) is 5.02 Å². The molecule has 3 rings (SSSR count). The van der Waals surface area contributed by atoms with Gasteiger partial charge in [-0.1, -0.05) is 71.8 Å². The fraction of sp³-hybridized carbons (Fsp3) is 0.217. The van der Waals surface area contributed by atoms with E-state index in [1.54, 1.807) is 0 Å². The van der Waals surface area contributed by atoms with E-state index in [4.69, 9.17) is 16.3 Å². The van der Waals surface area contributed by atoms with Crippen LogP contribution in [0.4, 0.5) is 0 Å². The van der Waals surface area contributed by atoms with Crippen molar-refractivity contribution < 1.29 is 9.84 Å². The maximum atomic E-state index is 9.26. The van der Waals surface area contributed by atoms with Crippen LogP contribution in [0, 0.1) is 6.92 Å². The van der Waals surface area contributed by atoms with E-state index < -0.39 is 0 Å². The summed E-state index contributed by atoms with van der Waals surface area (Å²) in [6, 6.07) is 22.4. The Bertz CT molecular complexity index is 842. The van der Waals surface area contributed by atoms with Crippen LogP contribution < -0.4 is 4.74 Å². The van der Waals surface area contributed by atoms with Gasteiger partial charge in [-0.2, -0.15) is 0 Å². The van der Waals surface area contributed by atoms with E-state index in [0.717, 1.165) is 22.4 Å². The quantitative estimate of drug-likeness (QED) is 0.610. The van der Waals surface area contributed by atoms with Gasteiger partial charge in [-0.05, 0) is 42.2 Å². The maximum Gasteiger partial charge on any atom is 0.125 e. The average Bonchev–Trinajstić information content (AvgIpc) is 2.65. The zero-order chi connectivity index (χ0) is 18.4. The minimum Gasteiger partial charge on any atom is -0.489 e. The molecule has 3 aromatic carbocycles. The lowest BCUT2D eigenvalue weighted by atomic mass is 10.0. The van der Waals surface area contributed by atoms with Crippen LogP contribution in [-0.4, -0.2) is 11.7 Å². The van der Waals surface area contributed by atoms with Gasteiger partial charge in [0.25, 0.3) is 0 Å². The zero-order valence-electron chi connectivity index (χ0n) is 14.9. The third kappa shape index (κ3) is 4.87. The number of halogens is 1. The van der Waals surface area contributed by atoms with Crippen LogP contribution in [0.1, 0.15) is 27.8 Å².